The van der Waals surface area contributed by atoms with E-state index in [9.17, 15) is 4.79 Å². The van der Waals surface area contributed by atoms with E-state index in [-0.39, 0.29) is 12.0 Å². The Morgan fingerprint density at radius 3 is 3.21 bits per heavy atom. The summed E-state index contributed by atoms with van der Waals surface area (Å²) in [6, 6.07) is 3.39. The second kappa shape index (κ2) is 7.06. The molecular formula is C13H18N2O4. The molecule has 1 amide bonds. The zero-order chi connectivity index (χ0) is 13.5. The molecule has 1 aromatic heterocycles. The average Bonchev–Trinajstić information content (AvgIpc) is 2.47. The van der Waals surface area contributed by atoms with E-state index in [4.69, 9.17) is 14.2 Å². The molecule has 0 bridgehead atoms. The molecule has 104 valence electrons. The predicted molar refractivity (Wildman–Crippen MR) is 68.3 cm³/mol. The van der Waals surface area contributed by atoms with Gasteiger partial charge in [0.05, 0.1) is 32.5 Å². The summed E-state index contributed by atoms with van der Waals surface area (Å²) in [7, 11) is 0. The number of ether oxygens (including phenoxy) is 3. The fourth-order valence-electron chi connectivity index (χ4n) is 1.77. The van der Waals surface area contributed by atoms with Gasteiger partial charge in [-0.2, -0.15) is 0 Å². The lowest BCUT2D eigenvalue weighted by atomic mass is 10.2. The summed E-state index contributed by atoms with van der Waals surface area (Å²) < 4.78 is 16.0. The number of nitrogens with zero attached hydrogens (tertiary/aromatic N) is 1. The van der Waals surface area contributed by atoms with E-state index in [0.29, 0.717) is 44.4 Å². The molecule has 6 nitrogen and oxygen atoms in total. The van der Waals surface area contributed by atoms with Crippen LogP contribution >= 0.6 is 0 Å². The Kier molecular flexibility index (Phi) is 5.11. The van der Waals surface area contributed by atoms with Gasteiger partial charge in [0.1, 0.15) is 5.56 Å². The minimum absolute atomic E-state index is 0.0927. The third-order valence-electron chi connectivity index (χ3n) is 2.67. The highest BCUT2D eigenvalue weighted by Crippen LogP contribution is 2.14. The fraction of sp³-hybridized carbons (Fsp3) is 0.538. The Hall–Kier alpha value is -1.66. The molecule has 0 spiro atoms. The standard InChI is InChI=1S/C13H18N2O4/c1-2-18-13-11(4-3-5-14-13)12(16)15-8-10-9-17-6-7-19-10/h3-5,10H,2,6-9H2,1H3,(H,15,16)/t10-/m0/s1. The third-order valence-corrected chi connectivity index (χ3v) is 2.67. The number of carbonyl (C=O) groups is 1. The summed E-state index contributed by atoms with van der Waals surface area (Å²) in [6.07, 6.45) is 1.50. The molecule has 1 atom stereocenters. The summed E-state index contributed by atoms with van der Waals surface area (Å²) >= 11 is 0. The maximum atomic E-state index is 12.1. The topological polar surface area (TPSA) is 69.7 Å². The number of hydrogen-bond donors (Lipinski definition) is 1. The lowest BCUT2D eigenvalue weighted by Gasteiger charge is -2.23. The minimum atomic E-state index is -0.217. The minimum Gasteiger partial charge on any atom is -0.477 e. The number of carbonyl (C=O) groups excluding carboxylic acids is 1. The van der Waals surface area contributed by atoms with Crippen LogP contribution in [0.5, 0.6) is 5.88 Å². The van der Waals surface area contributed by atoms with Crippen LogP contribution in [0.2, 0.25) is 0 Å². The molecule has 0 aliphatic carbocycles. The molecule has 0 aromatic carbocycles. The summed E-state index contributed by atoms with van der Waals surface area (Å²) in [6.45, 7) is 4.42. The van der Waals surface area contributed by atoms with Gasteiger partial charge < -0.3 is 19.5 Å². The molecular weight excluding hydrogens is 248 g/mol. The molecule has 19 heavy (non-hydrogen) atoms. The SMILES string of the molecule is CCOc1ncccc1C(=O)NC[C@H]1COCCO1. The van der Waals surface area contributed by atoms with E-state index in [2.05, 4.69) is 10.3 Å². The van der Waals surface area contributed by atoms with E-state index >= 15 is 0 Å². The first kappa shape index (κ1) is 13.8. The van der Waals surface area contributed by atoms with Crippen molar-refractivity contribution in [1.29, 1.82) is 0 Å². The van der Waals surface area contributed by atoms with Crippen LogP contribution in [0.15, 0.2) is 18.3 Å². The third kappa shape index (κ3) is 3.90. The summed E-state index contributed by atoms with van der Waals surface area (Å²) in [5, 5.41) is 2.80. The molecule has 0 unspecified atom stereocenters. The Balaban J connectivity index is 1.91. The lowest BCUT2D eigenvalue weighted by Crippen LogP contribution is -2.39. The van der Waals surface area contributed by atoms with E-state index < -0.39 is 0 Å². The van der Waals surface area contributed by atoms with Crippen LogP contribution in [0, 0.1) is 0 Å². The van der Waals surface area contributed by atoms with Crippen LogP contribution in [-0.2, 0) is 9.47 Å². The second-order valence-electron chi connectivity index (χ2n) is 4.07. The van der Waals surface area contributed by atoms with Crippen LogP contribution < -0.4 is 10.1 Å². The van der Waals surface area contributed by atoms with E-state index in [1.165, 1.54) is 0 Å². The van der Waals surface area contributed by atoms with Gasteiger partial charge in [0.15, 0.2) is 0 Å². The van der Waals surface area contributed by atoms with Crippen molar-refractivity contribution in [2.45, 2.75) is 13.0 Å². The van der Waals surface area contributed by atoms with Gasteiger partial charge in [-0.25, -0.2) is 4.98 Å². The molecule has 1 aromatic rings. The molecule has 0 saturated carbocycles. The average molecular weight is 266 g/mol. The van der Waals surface area contributed by atoms with Crippen molar-refractivity contribution >= 4 is 5.91 Å². The highest BCUT2D eigenvalue weighted by Gasteiger charge is 2.18. The second-order valence-corrected chi connectivity index (χ2v) is 4.07. The molecule has 1 fully saturated rings. The molecule has 2 heterocycles. The number of pyridine rings is 1. The van der Waals surface area contributed by atoms with Gasteiger partial charge in [0.2, 0.25) is 5.88 Å². The van der Waals surface area contributed by atoms with Crippen LogP contribution in [0.1, 0.15) is 17.3 Å². The predicted octanol–water partition coefficient (Wildman–Crippen LogP) is 0.625. The highest BCUT2D eigenvalue weighted by atomic mass is 16.6. The van der Waals surface area contributed by atoms with Crippen molar-refractivity contribution in [3.63, 3.8) is 0 Å². The number of hydrogen-bond acceptors (Lipinski definition) is 5. The quantitative estimate of drug-likeness (QED) is 0.846. The first-order chi connectivity index (χ1) is 9.31. The van der Waals surface area contributed by atoms with E-state index in [0.717, 1.165) is 0 Å². The maximum absolute atomic E-state index is 12.1. The van der Waals surface area contributed by atoms with Gasteiger partial charge in [-0.15, -0.1) is 0 Å². The molecule has 0 radical (unpaired) electrons. The van der Waals surface area contributed by atoms with Gasteiger partial charge in [-0.3, -0.25) is 4.79 Å². The number of rotatable bonds is 5. The van der Waals surface area contributed by atoms with Gasteiger partial charge in [0.25, 0.3) is 5.91 Å². The van der Waals surface area contributed by atoms with Crippen molar-refractivity contribution in [3.05, 3.63) is 23.9 Å². The van der Waals surface area contributed by atoms with Gasteiger partial charge >= 0.3 is 0 Å². The normalized spacial score (nSPS) is 18.9. The number of aromatic nitrogens is 1. The Morgan fingerprint density at radius 1 is 1.58 bits per heavy atom. The Bertz CT molecular complexity index is 419. The Morgan fingerprint density at radius 2 is 2.47 bits per heavy atom. The number of amides is 1. The smallest absolute Gasteiger partial charge is 0.256 e. The lowest BCUT2D eigenvalue weighted by molar-refractivity contribution is -0.0855. The van der Waals surface area contributed by atoms with Crippen molar-refractivity contribution in [3.8, 4) is 5.88 Å². The van der Waals surface area contributed by atoms with Crippen molar-refractivity contribution in [2.24, 2.45) is 0 Å². The van der Waals surface area contributed by atoms with Crippen LogP contribution in [0.4, 0.5) is 0 Å². The van der Waals surface area contributed by atoms with Crippen LogP contribution in [0.3, 0.4) is 0 Å². The van der Waals surface area contributed by atoms with E-state index in [1.54, 1.807) is 18.3 Å². The zero-order valence-electron chi connectivity index (χ0n) is 10.9. The summed E-state index contributed by atoms with van der Waals surface area (Å²) in [4.78, 5) is 16.1. The molecule has 1 aliphatic rings. The van der Waals surface area contributed by atoms with Crippen molar-refractivity contribution < 1.29 is 19.0 Å². The van der Waals surface area contributed by atoms with Gasteiger partial charge in [-0.1, -0.05) is 0 Å². The largest absolute Gasteiger partial charge is 0.477 e. The van der Waals surface area contributed by atoms with Crippen LogP contribution in [0.25, 0.3) is 0 Å². The fourth-order valence-corrected chi connectivity index (χ4v) is 1.77. The zero-order valence-corrected chi connectivity index (χ0v) is 10.9. The monoisotopic (exact) mass is 266 g/mol. The van der Waals surface area contributed by atoms with Gasteiger partial charge in [-0.05, 0) is 19.1 Å². The van der Waals surface area contributed by atoms with Gasteiger partial charge in [0, 0.05) is 12.7 Å². The Labute approximate surface area is 112 Å². The molecule has 2 rings (SSSR count). The number of nitrogens with one attached hydrogen (secondary N) is 1. The maximum Gasteiger partial charge on any atom is 0.256 e. The summed E-state index contributed by atoms with van der Waals surface area (Å²) in [5.41, 5.74) is 0.432. The first-order valence-corrected chi connectivity index (χ1v) is 6.36. The first-order valence-electron chi connectivity index (χ1n) is 6.36. The van der Waals surface area contributed by atoms with E-state index in [1.807, 2.05) is 6.92 Å². The molecule has 1 aliphatic heterocycles. The van der Waals surface area contributed by atoms with Crippen LogP contribution in [-0.4, -0.2) is 50.0 Å². The molecule has 1 saturated heterocycles. The molecule has 1 N–H and O–H groups in total. The van der Waals surface area contributed by atoms with Crippen molar-refractivity contribution in [2.75, 3.05) is 33.0 Å². The highest BCUT2D eigenvalue weighted by molar-refractivity contribution is 5.96. The molecule has 6 heteroatoms. The van der Waals surface area contributed by atoms with Crippen molar-refractivity contribution in [1.82, 2.24) is 10.3 Å². The summed E-state index contributed by atoms with van der Waals surface area (Å²) in [5.74, 6) is 0.133.